The molecule has 0 saturated carbocycles. The zero-order valence-corrected chi connectivity index (χ0v) is 21.6. The van der Waals surface area contributed by atoms with Crippen molar-refractivity contribution in [3.05, 3.63) is 64.2 Å². The largest absolute Gasteiger partial charge is 0.508 e. The van der Waals surface area contributed by atoms with Crippen LogP contribution < -0.4 is 0 Å². The summed E-state index contributed by atoms with van der Waals surface area (Å²) in [6.07, 6.45) is 1.61. The van der Waals surface area contributed by atoms with E-state index in [0.717, 1.165) is 24.9 Å². The summed E-state index contributed by atoms with van der Waals surface area (Å²) in [5.74, 6) is -0.762. The predicted molar refractivity (Wildman–Crippen MR) is 133 cm³/mol. The second kappa shape index (κ2) is 10.1. The topological polar surface area (TPSA) is 32.7 Å². The third-order valence-corrected chi connectivity index (χ3v) is 8.11. The molecule has 3 atom stereocenters. The molecule has 2 bridgehead atoms. The normalized spacial score (nSPS) is 24.3. The Morgan fingerprint density at radius 3 is 2.39 bits per heavy atom. The maximum atomic E-state index is 13.9. The van der Waals surface area contributed by atoms with Crippen molar-refractivity contribution < 1.29 is 18.6 Å². The zero-order valence-electron chi connectivity index (χ0n) is 20.0. The molecule has 2 aromatic carbocycles. The van der Waals surface area contributed by atoms with Gasteiger partial charge in [0.15, 0.2) is 0 Å². The standard InChI is InChI=1S/C26H33F2NO2.2ClH/c1-16-9-10-22(30)18-13-23-25(3,4)26(5,24(16)18)11-12-29(23)14-17(2)31-15-19-20(27)7-6-8-21(19)28;;/h6-10,17,23,30H,11-15H2,1-5H3;2*1H. The monoisotopic (exact) mass is 501 g/mol. The van der Waals surface area contributed by atoms with Gasteiger partial charge in [-0.15, -0.1) is 24.8 Å². The molecule has 0 amide bonds. The van der Waals surface area contributed by atoms with Crippen LogP contribution in [0, 0.1) is 24.0 Å². The molecular weight excluding hydrogens is 467 g/mol. The van der Waals surface area contributed by atoms with Crippen molar-refractivity contribution in [1.29, 1.82) is 0 Å². The average Bonchev–Trinajstić information content (AvgIpc) is 2.68. The fraction of sp³-hybridized carbons (Fsp3) is 0.538. The number of phenols is 1. The molecule has 1 aliphatic heterocycles. The Balaban J connectivity index is 0.00000193. The van der Waals surface area contributed by atoms with Crippen molar-refractivity contribution in [3.8, 4) is 5.75 Å². The maximum Gasteiger partial charge on any atom is 0.131 e. The van der Waals surface area contributed by atoms with Crippen molar-refractivity contribution in [2.24, 2.45) is 5.41 Å². The van der Waals surface area contributed by atoms with Crippen molar-refractivity contribution in [2.45, 2.75) is 71.6 Å². The van der Waals surface area contributed by atoms with E-state index in [1.54, 1.807) is 0 Å². The number of aromatic hydroxyl groups is 1. The van der Waals surface area contributed by atoms with E-state index in [0.29, 0.717) is 12.3 Å². The number of benzene rings is 2. The van der Waals surface area contributed by atoms with Crippen LogP contribution in [0.5, 0.6) is 5.75 Å². The van der Waals surface area contributed by atoms with Gasteiger partial charge >= 0.3 is 0 Å². The number of aryl methyl sites for hydroxylation is 1. The quantitative estimate of drug-likeness (QED) is 0.518. The highest BCUT2D eigenvalue weighted by Crippen LogP contribution is 2.58. The van der Waals surface area contributed by atoms with Gasteiger partial charge < -0.3 is 9.84 Å². The van der Waals surface area contributed by atoms with Gasteiger partial charge in [-0.05, 0) is 73.5 Å². The smallest absolute Gasteiger partial charge is 0.131 e. The van der Waals surface area contributed by atoms with Gasteiger partial charge in [0.05, 0.1) is 12.7 Å². The zero-order chi connectivity index (χ0) is 22.6. The molecule has 33 heavy (non-hydrogen) atoms. The van der Waals surface area contributed by atoms with E-state index in [9.17, 15) is 13.9 Å². The van der Waals surface area contributed by atoms with Gasteiger partial charge in [0, 0.05) is 23.6 Å². The number of nitrogens with zero attached hydrogens (tertiary/aromatic N) is 1. The molecule has 1 saturated heterocycles. The lowest BCUT2D eigenvalue weighted by Crippen LogP contribution is -2.64. The van der Waals surface area contributed by atoms with Crippen LogP contribution in [0.25, 0.3) is 0 Å². The van der Waals surface area contributed by atoms with Crippen LogP contribution in [0.4, 0.5) is 8.78 Å². The predicted octanol–water partition coefficient (Wildman–Crippen LogP) is 6.34. The number of halogens is 4. The van der Waals surface area contributed by atoms with Gasteiger partial charge in [-0.3, -0.25) is 4.90 Å². The molecule has 7 heteroatoms. The number of fused-ring (bicyclic) bond motifs is 4. The molecule has 1 N–H and O–H groups in total. The number of piperidine rings is 1. The first kappa shape index (κ1) is 27.8. The van der Waals surface area contributed by atoms with Gasteiger partial charge in [0.2, 0.25) is 0 Å². The summed E-state index contributed by atoms with van der Waals surface area (Å²) in [7, 11) is 0. The summed E-state index contributed by atoms with van der Waals surface area (Å²) in [6.45, 7) is 12.6. The van der Waals surface area contributed by atoms with Crippen LogP contribution in [-0.2, 0) is 23.2 Å². The van der Waals surface area contributed by atoms with Crippen molar-refractivity contribution in [3.63, 3.8) is 0 Å². The number of likely N-dealkylation sites (tertiary alicyclic amines) is 1. The first-order chi connectivity index (χ1) is 14.6. The van der Waals surface area contributed by atoms with Crippen LogP contribution in [0.1, 0.15) is 56.4 Å². The Labute approximate surface area is 208 Å². The van der Waals surface area contributed by atoms with E-state index < -0.39 is 11.6 Å². The number of hydrogen-bond donors (Lipinski definition) is 1. The molecule has 3 nitrogen and oxygen atoms in total. The van der Waals surface area contributed by atoms with E-state index in [4.69, 9.17) is 4.74 Å². The summed E-state index contributed by atoms with van der Waals surface area (Å²) in [6, 6.07) is 7.97. The van der Waals surface area contributed by atoms with E-state index in [1.165, 1.54) is 29.3 Å². The van der Waals surface area contributed by atoms with E-state index >= 15 is 0 Å². The fourth-order valence-corrected chi connectivity index (χ4v) is 5.92. The minimum atomic E-state index is -0.572. The molecule has 4 rings (SSSR count). The number of rotatable bonds is 5. The average molecular weight is 502 g/mol. The molecule has 1 heterocycles. The molecular formula is C26H35Cl2F2NO2. The lowest BCUT2D eigenvalue weighted by molar-refractivity contribution is -0.0657. The number of hydrogen-bond acceptors (Lipinski definition) is 3. The Morgan fingerprint density at radius 2 is 1.76 bits per heavy atom. The van der Waals surface area contributed by atoms with Gasteiger partial charge in [-0.2, -0.15) is 0 Å². The SMILES string of the molecule is Cc1ccc(O)c2c1C1(C)CCN(CC(C)OCc3c(F)cccc3F)C(C2)C1(C)C.Cl.Cl. The second-order valence-electron chi connectivity index (χ2n) is 10.1. The van der Waals surface area contributed by atoms with Gasteiger partial charge in [0.1, 0.15) is 17.4 Å². The van der Waals surface area contributed by atoms with Gasteiger partial charge in [0.25, 0.3) is 0 Å². The molecule has 0 radical (unpaired) electrons. The van der Waals surface area contributed by atoms with Crippen LogP contribution in [-0.4, -0.2) is 35.2 Å². The first-order valence-electron chi connectivity index (χ1n) is 11.2. The molecule has 0 spiro atoms. The molecule has 184 valence electrons. The third kappa shape index (κ3) is 4.62. The Hall–Kier alpha value is -1.40. The van der Waals surface area contributed by atoms with Crippen LogP contribution in [0.2, 0.25) is 0 Å². The summed E-state index contributed by atoms with van der Waals surface area (Å²) in [5.41, 5.74) is 3.59. The lowest BCUT2D eigenvalue weighted by atomic mass is 9.50. The Morgan fingerprint density at radius 1 is 1.12 bits per heavy atom. The molecule has 1 aliphatic carbocycles. The highest BCUT2D eigenvalue weighted by Gasteiger charge is 2.56. The number of ether oxygens (including phenoxy) is 1. The van der Waals surface area contributed by atoms with Crippen molar-refractivity contribution in [2.75, 3.05) is 13.1 Å². The minimum absolute atomic E-state index is 0. The van der Waals surface area contributed by atoms with Gasteiger partial charge in [-0.25, -0.2) is 8.78 Å². The molecule has 1 fully saturated rings. The Bertz CT molecular complexity index is 980. The van der Waals surface area contributed by atoms with E-state index in [1.807, 2.05) is 19.1 Å². The van der Waals surface area contributed by atoms with Crippen LogP contribution in [0.3, 0.4) is 0 Å². The molecule has 2 aromatic rings. The second-order valence-corrected chi connectivity index (χ2v) is 10.1. The summed E-state index contributed by atoms with van der Waals surface area (Å²) >= 11 is 0. The summed E-state index contributed by atoms with van der Waals surface area (Å²) in [4.78, 5) is 2.44. The Kier molecular flexibility index (Phi) is 8.50. The lowest BCUT2D eigenvalue weighted by Gasteiger charge is -2.61. The van der Waals surface area contributed by atoms with E-state index in [2.05, 4.69) is 32.6 Å². The highest BCUT2D eigenvalue weighted by molar-refractivity contribution is 5.85. The molecule has 0 aromatic heterocycles. The fourth-order valence-electron chi connectivity index (χ4n) is 5.92. The van der Waals surface area contributed by atoms with Crippen molar-refractivity contribution in [1.82, 2.24) is 4.90 Å². The first-order valence-corrected chi connectivity index (χ1v) is 11.2. The third-order valence-electron chi connectivity index (χ3n) is 8.11. The van der Waals surface area contributed by atoms with Gasteiger partial charge in [-0.1, -0.05) is 32.9 Å². The minimum Gasteiger partial charge on any atom is -0.508 e. The summed E-state index contributed by atoms with van der Waals surface area (Å²) in [5, 5.41) is 10.6. The molecule has 3 unspecified atom stereocenters. The maximum absolute atomic E-state index is 13.9. The summed E-state index contributed by atoms with van der Waals surface area (Å²) < 4.78 is 33.7. The van der Waals surface area contributed by atoms with Crippen molar-refractivity contribution >= 4 is 24.8 Å². The van der Waals surface area contributed by atoms with E-state index in [-0.39, 0.29) is 60.0 Å². The molecule has 2 aliphatic rings. The van der Waals surface area contributed by atoms with Crippen LogP contribution in [0.15, 0.2) is 30.3 Å². The van der Waals surface area contributed by atoms with Crippen LogP contribution >= 0.6 is 24.8 Å². The highest BCUT2D eigenvalue weighted by atomic mass is 35.5. The number of phenolic OH excluding ortho intramolecular Hbond substituents is 1.